The molecular formula is C22H42O8Si. The van der Waals surface area contributed by atoms with Gasteiger partial charge in [-0.2, -0.15) is 0 Å². The van der Waals surface area contributed by atoms with E-state index in [1.807, 2.05) is 0 Å². The van der Waals surface area contributed by atoms with Crippen LogP contribution in [-0.4, -0.2) is 85.6 Å². The van der Waals surface area contributed by atoms with Crippen molar-refractivity contribution in [1.29, 1.82) is 0 Å². The molecule has 2 fully saturated rings. The second-order valence-corrected chi connectivity index (χ2v) is 15.4. The highest BCUT2D eigenvalue weighted by Crippen LogP contribution is 2.44. The SMILES string of the molecule is COC(=O)[C@@H]1OCO[C@H]2[C@@H]1O[C@H](C[C@@H](CO[Si](C)(C)C(C)(C)C)OC)C(C)(C)[C@@H]2OC. The molecule has 182 valence electrons. The van der Waals surface area contributed by atoms with Crippen molar-refractivity contribution in [3.8, 4) is 0 Å². The van der Waals surface area contributed by atoms with Gasteiger partial charge in [-0.3, -0.25) is 0 Å². The Balaban J connectivity index is 2.20. The molecule has 2 aliphatic heterocycles. The fraction of sp³-hybridized carbons (Fsp3) is 0.955. The summed E-state index contributed by atoms with van der Waals surface area (Å²) in [4.78, 5) is 12.3. The van der Waals surface area contributed by atoms with Crippen molar-refractivity contribution >= 4 is 14.3 Å². The van der Waals surface area contributed by atoms with Crippen molar-refractivity contribution in [2.75, 3.05) is 34.7 Å². The number of hydrogen-bond donors (Lipinski definition) is 0. The highest BCUT2D eigenvalue weighted by atomic mass is 28.4. The Morgan fingerprint density at radius 1 is 1.13 bits per heavy atom. The number of carbonyl (C=O) groups is 1. The number of carbonyl (C=O) groups excluding carboxylic acids is 1. The van der Waals surface area contributed by atoms with Crippen LogP contribution in [0, 0.1) is 5.41 Å². The molecule has 0 aliphatic carbocycles. The van der Waals surface area contributed by atoms with Gasteiger partial charge in [-0.05, 0) is 18.1 Å². The van der Waals surface area contributed by atoms with E-state index >= 15 is 0 Å². The van der Waals surface area contributed by atoms with Crippen LogP contribution >= 0.6 is 0 Å². The van der Waals surface area contributed by atoms with E-state index in [0.29, 0.717) is 13.0 Å². The maximum atomic E-state index is 12.3. The molecule has 0 bridgehead atoms. The summed E-state index contributed by atoms with van der Waals surface area (Å²) in [6.07, 6.45) is -2.02. The zero-order valence-electron chi connectivity index (χ0n) is 20.9. The molecule has 0 saturated carbocycles. The number of rotatable bonds is 8. The Kier molecular flexibility index (Phi) is 8.74. The van der Waals surface area contributed by atoms with Crippen LogP contribution in [-0.2, 0) is 37.6 Å². The van der Waals surface area contributed by atoms with E-state index in [-0.39, 0.29) is 35.6 Å². The van der Waals surface area contributed by atoms with Crippen LogP contribution in [0.25, 0.3) is 0 Å². The molecule has 9 heteroatoms. The molecule has 0 unspecified atom stereocenters. The highest BCUT2D eigenvalue weighted by molar-refractivity contribution is 6.74. The molecule has 8 nitrogen and oxygen atoms in total. The molecule has 0 aromatic rings. The van der Waals surface area contributed by atoms with Gasteiger partial charge >= 0.3 is 5.97 Å². The van der Waals surface area contributed by atoms with Gasteiger partial charge in [-0.25, -0.2) is 4.79 Å². The third kappa shape index (κ3) is 5.69. The van der Waals surface area contributed by atoms with Crippen LogP contribution in [0.2, 0.25) is 18.1 Å². The van der Waals surface area contributed by atoms with Crippen molar-refractivity contribution in [3.05, 3.63) is 0 Å². The maximum absolute atomic E-state index is 12.3. The molecular weight excluding hydrogens is 420 g/mol. The van der Waals surface area contributed by atoms with Gasteiger partial charge in [0.25, 0.3) is 0 Å². The summed E-state index contributed by atoms with van der Waals surface area (Å²) in [5, 5.41) is 0.116. The van der Waals surface area contributed by atoms with E-state index < -0.39 is 32.6 Å². The average molecular weight is 463 g/mol. The Bertz CT molecular complexity index is 603. The van der Waals surface area contributed by atoms with Gasteiger partial charge in [0, 0.05) is 26.1 Å². The first-order valence-corrected chi connectivity index (χ1v) is 13.9. The van der Waals surface area contributed by atoms with Gasteiger partial charge in [-0.15, -0.1) is 0 Å². The molecule has 31 heavy (non-hydrogen) atoms. The summed E-state index contributed by atoms with van der Waals surface area (Å²) in [6, 6.07) is 0. The van der Waals surface area contributed by atoms with E-state index in [1.54, 1.807) is 14.2 Å². The molecule has 2 aliphatic rings. The van der Waals surface area contributed by atoms with Crippen LogP contribution in [0.5, 0.6) is 0 Å². The lowest BCUT2D eigenvalue weighted by atomic mass is 9.72. The van der Waals surface area contributed by atoms with Crippen LogP contribution in [0.15, 0.2) is 0 Å². The normalized spacial score (nSPS) is 32.3. The smallest absolute Gasteiger partial charge is 0.337 e. The highest BCUT2D eigenvalue weighted by Gasteiger charge is 2.57. The monoisotopic (exact) mass is 462 g/mol. The van der Waals surface area contributed by atoms with E-state index in [2.05, 4.69) is 47.7 Å². The second-order valence-electron chi connectivity index (χ2n) is 10.6. The van der Waals surface area contributed by atoms with Gasteiger partial charge in [0.2, 0.25) is 0 Å². The predicted octanol–water partition coefficient (Wildman–Crippen LogP) is 3.14. The average Bonchev–Trinajstić information content (AvgIpc) is 2.69. The van der Waals surface area contributed by atoms with Gasteiger partial charge in [-0.1, -0.05) is 34.6 Å². The van der Waals surface area contributed by atoms with E-state index in [4.69, 9.17) is 32.8 Å². The molecule has 2 heterocycles. The molecule has 0 spiro atoms. The maximum Gasteiger partial charge on any atom is 0.337 e. The summed E-state index contributed by atoms with van der Waals surface area (Å²) in [6.45, 7) is 15.8. The standard InChI is InChI=1S/C22H42O8Si/c1-21(2,3)31(9,10)29-12-14(24-6)11-15-22(4,5)19(25-7)17-16(30-15)18(20(23)26-8)28-13-27-17/h14-19H,11-13H2,1-10H3/t14-,15+,16-,17-,18+,19+/m0/s1. The summed E-state index contributed by atoms with van der Waals surface area (Å²) >= 11 is 0. The minimum absolute atomic E-state index is 0.00799. The zero-order valence-corrected chi connectivity index (χ0v) is 21.9. The lowest BCUT2D eigenvalue weighted by molar-refractivity contribution is -0.325. The Labute approximate surface area is 188 Å². The fourth-order valence-corrected chi connectivity index (χ4v) is 5.07. The van der Waals surface area contributed by atoms with E-state index in [1.165, 1.54) is 7.11 Å². The van der Waals surface area contributed by atoms with Gasteiger partial charge < -0.3 is 32.8 Å². The molecule has 2 rings (SSSR count). The van der Waals surface area contributed by atoms with E-state index in [9.17, 15) is 4.79 Å². The molecule has 0 aromatic carbocycles. The molecule has 6 atom stereocenters. The zero-order chi connectivity index (χ0) is 23.6. The van der Waals surface area contributed by atoms with Gasteiger partial charge in [0.1, 0.15) is 19.0 Å². The molecule has 0 N–H and O–H groups in total. The second kappa shape index (κ2) is 10.2. The van der Waals surface area contributed by atoms with Crippen molar-refractivity contribution in [2.45, 2.75) is 95.8 Å². The Morgan fingerprint density at radius 3 is 2.29 bits per heavy atom. The lowest BCUT2D eigenvalue weighted by Crippen LogP contribution is -2.67. The minimum Gasteiger partial charge on any atom is -0.467 e. The molecule has 2 saturated heterocycles. The Hall–Kier alpha value is -0.553. The quantitative estimate of drug-likeness (QED) is 0.402. The van der Waals surface area contributed by atoms with Crippen LogP contribution in [0.1, 0.15) is 41.0 Å². The topological polar surface area (TPSA) is 81.7 Å². The third-order valence-corrected chi connectivity index (χ3v) is 11.7. The summed E-state index contributed by atoms with van der Waals surface area (Å²) in [7, 11) is 2.78. The van der Waals surface area contributed by atoms with Crippen LogP contribution < -0.4 is 0 Å². The summed E-state index contributed by atoms with van der Waals surface area (Å²) < 4.78 is 40.8. The minimum atomic E-state index is -1.91. The summed E-state index contributed by atoms with van der Waals surface area (Å²) in [5.41, 5.74) is -0.387. The first-order valence-electron chi connectivity index (χ1n) is 11.0. The van der Waals surface area contributed by atoms with Crippen molar-refractivity contribution in [1.82, 2.24) is 0 Å². The predicted molar refractivity (Wildman–Crippen MR) is 118 cm³/mol. The molecule has 0 aromatic heterocycles. The lowest BCUT2D eigenvalue weighted by Gasteiger charge is -2.54. The Morgan fingerprint density at radius 2 is 1.77 bits per heavy atom. The third-order valence-electron chi connectivity index (χ3n) is 7.25. The number of hydrogen-bond acceptors (Lipinski definition) is 8. The van der Waals surface area contributed by atoms with Crippen LogP contribution in [0.3, 0.4) is 0 Å². The van der Waals surface area contributed by atoms with Gasteiger partial charge in [0.15, 0.2) is 14.4 Å². The number of ether oxygens (including phenoxy) is 6. The number of methoxy groups -OCH3 is 3. The first kappa shape index (κ1) is 26.7. The molecule has 0 amide bonds. The number of esters is 1. The van der Waals surface area contributed by atoms with Gasteiger partial charge in [0.05, 0.1) is 32.0 Å². The first-order chi connectivity index (χ1) is 14.3. The number of fused-ring (bicyclic) bond motifs is 1. The summed E-state index contributed by atoms with van der Waals surface area (Å²) in [5.74, 6) is -0.476. The van der Waals surface area contributed by atoms with Crippen LogP contribution in [0.4, 0.5) is 0 Å². The van der Waals surface area contributed by atoms with E-state index in [0.717, 1.165) is 0 Å². The fourth-order valence-electron chi connectivity index (χ4n) is 4.04. The van der Waals surface area contributed by atoms with Crippen molar-refractivity contribution in [3.63, 3.8) is 0 Å². The molecule has 0 radical (unpaired) electrons. The van der Waals surface area contributed by atoms with Crippen molar-refractivity contribution < 1.29 is 37.6 Å². The van der Waals surface area contributed by atoms with Crippen molar-refractivity contribution in [2.24, 2.45) is 5.41 Å². The largest absolute Gasteiger partial charge is 0.467 e.